The molecule has 0 spiro atoms. The standard InChI is InChI=1S/C16H17N3O2S2/c1-11(16-19-14-4-2-3-5-15(14)22-16)10-18-23(20,21)13-8-6-12(17)7-9-13/h2-9,11,18H,10,17H2,1H3/t11-/m0/s1. The lowest BCUT2D eigenvalue weighted by Crippen LogP contribution is -2.27. The van der Waals surface area contributed by atoms with Crippen LogP contribution in [0.3, 0.4) is 0 Å². The minimum Gasteiger partial charge on any atom is -0.399 e. The summed E-state index contributed by atoms with van der Waals surface area (Å²) in [7, 11) is -3.54. The van der Waals surface area contributed by atoms with E-state index in [1.807, 2.05) is 31.2 Å². The summed E-state index contributed by atoms with van der Waals surface area (Å²) in [4.78, 5) is 4.78. The Labute approximate surface area is 139 Å². The van der Waals surface area contributed by atoms with Crippen LogP contribution in [0.25, 0.3) is 10.2 Å². The topological polar surface area (TPSA) is 85.1 Å². The highest BCUT2D eigenvalue weighted by Crippen LogP contribution is 2.27. The Kier molecular flexibility index (Phi) is 4.34. The van der Waals surface area contributed by atoms with E-state index in [-0.39, 0.29) is 10.8 Å². The zero-order valence-corrected chi connectivity index (χ0v) is 14.2. The first-order valence-corrected chi connectivity index (χ1v) is 9.46. The van der Waals surface area contributed by atoms with Gasteiger partial charge in [-0.2, -0.15) is 0 Å². The van der Waals surface area contributed by atoms with Gasteiger partial charge < -0.3 is 5.73 Å². The molecule has 5 nitrogen and oxygen atoms in total. The smallest absolute Gasteiger partial charge is 0.240 e. The van der Waals surface area contributed by atoms with Crippen LogP contribution in [0.1, 0.15) is 17.8 Å². The molecule has 23 heavy (non-hydrogen) atoms. The van der Waals surface area contributed by atoms with Crippen LogP contribution in [0.4, 0.5) is 5.69 Å². The van der Waals surface area contributed by atoms with Gasteiger partial charge in [-0.15, -0.1) is 11.3 Å². The normalized spacial score (nSPS) is 13.3. The molecular formula is C16H17N3O2S2. The number of anilines is 1. The van der Waals surface area contributed by atoms with Crippen molar-refractivity contribution in [2.24, 2.45) is 0 Å². The fourth-order valence-electron chi connectivity index (χ4n) is 2.15. The van der Waals surface area contributed by atoms with Gasteiger partial charge in [0.2, 0.25) is 10.0 Å². The van der Waals surface area contributed by atoms with Crippen LogP contribution in [0, 0.1) is 0 Å². The van der Waals surface area contributed by atoms with Crippen LogP contribution >= 0.6 is 11.3 Å². The van der Waals surface area contributed by atoms with Crippen molar-refractivity contribution in [2.45, 2.75) is 17.7 Å². The molecule has 3 aromatic rings. The summed E-state index contributed by atoms with van der Waals surface area (Å²) in [5.74, 6) is -0.00374. The fraction of sp³-hybridized carbons (Fsp3) is 0.188. The van der Waals surface area contributed by atoms with Gasteiger partial charge in [-0.05, 0) is 36.4 Å². The summed E-state index contributed by atoms with van der Waals surface area (Å²) >= 11 is 1.59. The van der Waals surface area contributed by atoms with Crippen molar-refractivity contribution >= 4 is 37.3 Å². The Morgan fingerprint density at radius 1 is 1.17 bits per heavy atom. The molecule has 0 aliphatic heterocycles. The van der Waals surface area contributed by atoms with E-state index in [1.165, 1.54) is 12.1 Å². The zero-order chi connectivity index (χ0) is 16.4. The number of nitrogens with two attached hydrogens (primary N) is 1. The van der Waals surface area contributed by atoms with Crippen LogP contribution in [0.2, 0.25) is 0 Å². The lowest BCUT2D eigenvalue weighted by molar-refractivity contribution is 0.575. The highest BCUT2D eigenvalue weighted by atomic mass is 32.2. The van der Waals surface area contributed by atoms with Gasteiger partial charge in [0.25, 0.3) is 0 Å². The van der Waals surface area contributed by atoms with Crippen molar-refractivity contribution < 1.29 is 8.42 Å². The van der Waals surface area contributed by atoms with E-state index in [0.717, 1.165) is 15.2 Å². The predicted molar refractivity (Wildman–Crippen MR) is 94.1 cm³/mol. The minimum absolute atomic E-state index is 0.00374. The number of benzene rings is 2. The molecule has 0 saturated heterocycles. The maximum Gasteiger partial charge on any atom is 0.240 e. The highest BCUT2D eigenvalue weighted by Gasteiger charge is 2.17. The van der Waals surface area contributed by atoms with Crippen molar-refractivity contribution in [3.63, 3.8) is 0 Å². The molecular weight excluding hydrogens is 330 g/mol. The predicted octanol–water partition coefficient (Wildman–Crippen LogP) is 2.96. The number of nitrogen functional groups attached to an aromatic ring is 1. The van der Waals surface area contributed by atoms with E-state index >= 15 is 0 Å². The maximum absolute atomic E-state index is 12.3. The Balaban J connectivity index is 1.72. The van der Waals surface area contributed by atoms with Gasteiger partial charge in [0.15, 0.2) is 0 Å². The summed E-state index contributed by atoms with van der Waals surface area (Å²) in [6.07, 6.45) is 0. The number of aromatic nitrogens is 1. The molecule has 0 fully saturated rings. The molecule has 7 heteroatoms. The van der Waals surface area contributed by atoms with Crippen LogP contribution in [-0.4, -0.2) is 19.9 Å². The van der Waals surface area contributed by atoms with E-state index < -0.39 is 10.0 Å². The number of hydrogen-bond donors (Lipinski definition) is 2. The molecule has 0 aliphatic carbocycles. The Morgan fingerprint density at radius 2 is 1.87 bits per heavy atom. The van der Waals surface area contributed by atoms with Gasteiger partial charge in [-0.25, -0.2) is 18.1 Å². The first-order valence-electron chi connectivity index (χ1n) is 7.16. The van der Waals surface area contributed by atoms with Gasteiger partial charge in [0.05, 0.1) is 20.1 Å². The summed E-state index contributed by atoms with van der Waals surface area (Å²) in [6, 6.07) is 14.0. The lowest BCUT2D eigenvalue weighted by Gasteiger charge is -2.11. The number of sulfonamides is 1. The molecule has 0 bridgehead atoms. The third kappa shape index (κ3) is 3.52. The molecule has 0 radical (unpaired) electrons. The third-order valence-electron chi connectivity index (χ3n) is 3.50. The second-order valence-electron chi connectivity index (χ2n) is 5.34. The summed E-state index contributed by atoms with van der Waals surface area (Å²) in [6.45, 7) is 2.26. The lowest BCUT2D eigenvalue weighted by atomic mass is 10.2. The van der Waals surface area contributed by atoms with E-state index in [4.69, 9.17) is 5.73 Å². The van der Waals surface area contributed by atoms with Gasteiger partial charge in [-0.1, -0.05) is 19.1 Å². The van der Waals surface area contributed by atoms with Crippen LogP contribution in [0.5, 0.6) is 0 Å². The van der Waals surface area contributed by atoms with Gasteiger partial charge in [0, 0.05) is 18.2 Å². The second kappa shape index (κ2) is 6.27. The SMILES string of the molecule is C[C@@H](CNS(=O)(=O)c1ccc(N)cc1)c1nc2ccccc2s1. The molecule has 1 atom stereocenters. The van der Waals surface area contributed by atoms with E-state index in [9.17, 15) is 8.42 Å². The molecule has 120 valence electrons. The van der Waals surface area contributed by atoms with Crippen LogP contribution < -0.4 is 10.5 Å². The van der Waals surface area contributed by atoms with Gasteiger partial charge in [0.1, 0.15) is 0 Å². The van der Waals surface area contributed by atoms with Crippen molar-refractivity contribution in [2.75, 3.05) is 12.3 Å². The van der Waals surface area contributed by atoms with Crippen LogP contribution in [0.15, 0.2) is 53.4 Å². The molecule has 0 amide bonds. The monoisotopic (exact) mass is 347 g/mol. The average Bonchev–Trinajstić information content (AvgIpc) is 2.97. The molecule has 0 aliphatic rings. The largest absolute Gasteiger partial charge is 0.399 e. The number of para-hydroxylation sites is 1. The highest BCUT2D eigenvalue weighted by molar-refractivity contribution is 7.89. The van der Waals surface area contributed by atoms with Crippen molar-refractivity contribution in [1.29, 1.82) is 0 Å². The summed E-state index contributed by atoms with van der Waals surface area (Å²) in [5, 5.41) is 0.922. The number of fused-ring (bicyclic) bond motifs is 1. The molecule has 0 saturated carbocycles. The number of nitrogens with one attached hydrogen (secondary N) is 1. The van der Waals surface area contributed by atoms with Gasteiger partial charge in [-0.3, -0.25) is 0 Å². The van der Waals surface area contributed by atoms with Gasteiger partial charge >= 0.3 is 0 Å². The molecule has 0 unspecified atom stereocenters. The number of hydrogen-bond acceptors (Lipinski definition) is 5. The maximum atomic E-state index is 12.3. The molecule has 1 aromatic heterocycles. The summed E-state index contributed by atoms with van der Waals surface area (Å²) in [5.41, 5.74) is 7.06. The minimum atomic E-state index is -3.54. The number of thiazole rings is 1. The zero-order valence-electron chi connectivity index (χ0n) is 12.6. The van der Waals surface area contributed by atoms with E-state index in [0.29, 0.717) is 12.2 Å². The van der Waals surface area contributed by atoms with E-state index in [2.05, 4.69) is 9.71 Å². The second-order valence-corrected chi connectivity index (χ2v) is 8.17. The molecule has 1 heterocycles. The van der Waals surface area contributed by atoms with Crippen LogP contribution in [-0.2, 0) is 10.0 Å². The molecule has 2 aromatic carbocycles. The third-order valence-corrected chi connectivity index (χ3v) is 6.21. The number of rotatable bonds is 5. The quantitative estimate of drug-likeness (QED) is 0.695. The fourth-order valence-corrected chi connectivity index (χ4v) is 4.30. The average molecular weight is 347 g/mol. The summed E-state index contributed by atoms with van der Waals surface area (Å²) < 4.78 is 28.3. The van der Waals surface area contributed by atoms with E-state index in [1.54, 1.807) is 23.5 Å². The number of nitrogens with zero attached hydrogens (tertiary/aromatic N) is 1. The Hall–Kier alpha value is -1.96. The molecule has 3 N–H and O–H groups in total. The molecule has 3 rings (SSSR count). The van der Waals surface area contributed by atoms with Crippen molar-refractivity contribution in [3.8, 4) is 0 Å². The van der Waals surface area contributed by atoms with Crippen molar-refractivity contribution in [1.82, 2.24) is 9.71 Å². The first kappa shape index (κ1) is 15.9. The van der Waals surface area contributed by atoms with Crippen molar-refractivity contribution in [3.05, 3.63) is 53.5 Å². The Bertz CT molecular complexity index is 885. The first-order chi connectivity index (χ1) is 11.0. The Morgan fingerprint density at radius 3 is 2.57 bits per heavy atom.